The Balaban J connectivity index is 2.60. The van der Waals surface area contributed by atoms with Crippen LogP contribution in [0, 0.1) is 0 Å². The first-order chi connectivity index (χ1) is 7.91. The summed E-state index contributed by atoms with van der Waals surface area (Å²) >= 11 is 0. The molecule has 17 heavy (non-hydrogen) atoms. The molecule has 0 radical (unpaired) electrons. The molecule has 1 saturated heterocycles. The summed E-state index contributed by atoms with van der Waals surface area (Å²) in [7, 11) is 0. The predicted octanol–water partition coefficient (Wildman–Crippen LogP) is -1.04. The van der Waals surface area contributed by atoms with Gasteiger partial charge in [-0.1, -0.05) is 0 Å². The van der Waals surface area contributed by atoms with Crippen molar-refractivity contribution in [1.82, 2.24) is 10.4 Å². The molecule has 8 heteroatoms. The molecule has 0 aromatic rings. The molecular weight excluding hydrogens is 232 g/mol. The van der Waals surface area contributed by atoms with E-state index in [4.69, 9.17) is 10.2 Å². The highest BCUT2D eigenvalue weighted by Crippen LogP contribution is 2.10. The minimum atomic E-state index is -1.31. The van der Waals surface area contributed by atoms with Gasteiger partial charge in [0.05, 0.1) is 0 Å². The van der Waals surface area contributed by atoms with Gasteiger partial charge in [0.25, 0.3) is 0 Å². The van der Waals surface area contributed by atoms with Crippen LogP contribution in [0.1, 0.15) is 25.7 Å². The molecule has 3 N–H and O–H groups in total. The van der Waals surface area contributed by atoms with E-state index in [2.05, 4.69) is 5.43 Å². The number of rotatable bonds is 6. The van der Waals surface area contributed by atoms with Gasteiger partial charge in [-0.2, -0.15) is 0 Å². The summed E-state index contributed by atoms with van der Waals surface area (Å²) in [5, 5.41) is 17.9. The van der Waals surface area contributed by atoms with Crippen molar-refractivity contribution in [2.45, 2.75) is 31.7 Å². The van der Waals surface area contributed by atoms with Crippen LogP contribution >= 0.6 is 0 Å². The van der Waals surface area contributed by atoms with Crippen molar-refractivity contribution < 1.29 is 29.4 Å². The van der Waals surface area contributed by atoms with E-state index in [1.807, 2.05) is 0 Å². The monoisotopic (exact) mass is 244 g/mol. The van der Waals surface area contributed by atoms with Crippen LogP contribution in [-0.4, -0.2) is 45.0 Å². The fraction of sp³-hybridized carbons (Fsp3) is 0.556. The predicted molar refractivity (Wildman–Crippen MR) is 52.5 cm³/mol. The lowest BCUT2D eigenvalue weighted by Gasteiger charge is -2.20. The standard InChI is InChI=1S/C9H12N2O6/c12-6-2-3-7(13)11(6)10-5(9(16)17)1-4-8(14)15/h5,10H,1-4H2,(H,14,15)(H,16,17)/t5-/m0/s1. The van der Waals surface area contributed by atoms with Crippen LogP contribution < -0.4 is 5.43 Å². The number of aliphatic carboxylic acids is 2. The second-order valence-corrected chi connectivity index (χ2v) is 3.58. The summed E-state index contributed by atoms with van der Waals surface area (Å²) in [6, 6.07) is -1.27. The SMILES string of the molecule is O=C(O)CC[C@H](NN1C(=O)CCC1=O)C(=O)O. The fourth-order valence-corrected chi connectivity index (χ4v) is 1.39. The quantitative estimate of drug-likeness (QED) is 0.509. The Morgan fingerprint density at radius 3 is 2.18 bits per heavy atom. The molecule has 0 saturated carbocycles. The van der Waals surface area contributed by atoms with Crippen LogP contribution in [0.3, 0.4) is 0 Å². The van der Waals surface area contributed by atoms with E-state index in [9.17, 15) is 19.2 Å². The van der Waals surface area contributed by atoms with Crippen LogP contribution in [0.15, 0.2) is 0 Å². The molecule has 0 aromatic carbocycles. The number of carboxylic acids is 2. The number of hydrogen-bond acceptors (Lipinski definition) is 5. The van der Waals surface area contributed by atoms with Crippen molar-refractivity contribution in [1.29, 1.82) is 0 Å². The highest BCUT2D eigenvalue weighted by Gasteiger charge is 2.32. The molecule has 0 aromatic heterocycles. The van der Waals surface area contributed by atoms with Crippen molar-refractivity contribution in [3.63, 3.8) is 0 Å². The molecule has 8 nitrogen and oxygen atoms in total. The largest absolute Gasteiger partial charge is 0.481 e. The van der Waals surface area contributed by atoms with E-state index in [-0.39, 0.29) is 25.7 Å². The van der Waals surface area contributed by atoms with Crippen LogP contribution in [-0.2, 0) is 19.2 Å². The zero-order chi connectivity index (χ0) is 13.0. The number of carbonyl (C=O) groups excluding carboxylic acids is 2. The van der Waals surface area contributed by atoms with E-state index < -0.39 is 29.8 Å². The van der Waals surface area contributed by atoms with E-state index in [0.29, 0.717) is 5.01 Å². The van der Waals surface area contributed by atoms with Gasteiger partial charge in [-0.05, 0) is 6.42 Å². The smallest absolute Gasteiger partial charge is 0.322 e. The molecule has 1 aliphatic heterocycles. The molecule has 1 aliphatic rings. The first-order valence-electron chi connectivity index (χ1n) is 4.98. The first-order valence-corrected chi connectivity index (χ1v) is 4.98. The third kappa shape index (κ3) is 3.52. The molecule has 1 heterocycles. The first kappa shape index (κ1) is 13.1. The van der Waals surface area contributed by atoms with E-state index in [1.54, 1.807) is 0 Å². The molecule has 1 atom stereocenters. The molecule has 1 fully saturated rings. The van der Waals surface area contributed by atoms with Crippen molar-refractivity contribution in [3.05, 3.63) is 0 Å². The maximum atomic E-state index is 11.2. The summed E-state index contributed by atoms with van der Waals surface area (Å²) in [5.74, 6) is -3.45. The second kappa shape index (κ2) is 5.39. The van der Waals surface area contributed by atoms with Gasteiger partial charge in [-0.25, -0.2) is 10.4 Å². The van der Waals surface area contributed by atoms with Gasteiger partial charge in [-0.3, -0.25) is 19.2 Å². The van der Waals surface area contributed by atoms with Gasteiger partial charge in [-0.15, -0.1) is 0 Å². The number of imide groups is 1. The number of nitrogens with zero attached hydrogens (tertiary/aromatic N) is 1. The average Bonchev–Trinajstić information content (AvgIpc) is 2.53. The Morgan fingerprint density at radius 2 is 1.76 bits per heavy atom. The van der Waals surface area contributed by atoms with Crippen LogP contribution in [0.4, 0.5) is 0 Å². The normalized spacial score (nSPS) is 17.3. The topological polar surface area (TPSA) is 124 Å². The average molecular weight is 244 g/mol. The second-order valence-electron chi connectivity index (χ2n) is 3.58. The Morgan fingerprint density at radius 1 is 1.24 bits per heavy atom. The van der Waals surface area contributed by atoms with Crippen LogP contribution in [0.25, 0.3) is 0 Å². The summed E-state index contributed by atoms with van der Waals surface area (Å²) in [5.41, 5.74) is 2.24. The highest BCUT2D eigenvalue weighted by molar-refractivity contribution is 6.01. The lowest BCUT2D eigenvalue weighted by Crippen LogP contribution is -2.51. The number of amides is 2. The Hall–Kier alpha value is -1.96. The lowest BCUT2D eigenvalue weighted by molar-refractivity contribution is -0.147. The third-order valence-electron chi connectivity index (χ3n) is 2.28. The molecule has 0 aliphatic carbocycles. The van der Waals surface area contributed by atoms with Gasteiger partial charge in [0.2, 0.25) is 11.8 Å². The van der Waals surface area contributed by atoms with Crippen molar-refractivity contribution in [2.24, 2.45) is 0 Å². The Kier molecular flexibility index (Phi) is 4.16. The highest BCUT2D eigenvalue weighted by atomic mass is 16.4. The molecular formula is C9H12N2O6. The molecule has 94 valence electrons. The van der Waals surface area contributed by atoms with Crippen LogP contribution in [0.5, 0.6) is 0 Å². The van der Waals surface area contributed by atoms with Crippen LogP contribution in [0.2, 0.25) is 0 Å². The number of carbonyl (C=O) groups is 4. The summed E-state index contributed by atoms with van der Waals surface area (Å²) < 4.78 is 0. The van der Waals surface area contributed by atoms with Gasteiger partial charge >= 0.3 is 11.9 Å². The van der Waals surface area contributed by atoms with Crippen molar-refractivity contribution in [3.8, 4) is 0 Å². The van der Waals surface area contributed by atoms with Crippen molar-refractivity contribution >= 4 is 23.8 Å². The summed E-state index contributed by atoms with van der Waals surface area (Å²) in [4.78, 5) is 43.6. The zero-order valence-corrected chi connectivity index (χ0v) is 8.88. The van der Waals surface area contributed by atoms with Gasteiger partial charge in [0.15, 0.2) is 0 Å². The minimum absolute atomic E-state index is 0.0388. The summed E-state index contributed by atoms with van der Waals surface area (Å²) in [6.45, 7) is 0. The fourth-order valence-electron chi connectivity index (χ4n) is 1.39. The number of nitrogens with one attached hydrogen (secondary N) is 1. The number of hydrazine groups is 1. The van der Waals surface area contributed by atoms with E-state index in [0.717, 1.165) is 0 Å². The minimum Gasteiger partial charge on any atom is -0.481 e. The summed E-state index contributed by atoms with van der Waals surface area (Å²) in [6.07, 6.45) is -0.490. The number of carboxylic acid groups (broad SMARTS) is 2. The molecule has 1 rings (SSSR count). The number of hydrogen-bond donors (Lipinski definition) is 3. The molecule has 2 amide bonds. The molecule has 0 bridgehead atoms. The third-order valence-corrected chi connectivity index (χ3v) is 2.28. The maximum absolute atomic E-state index is 11.2. The Labute approximate surface area is 96.2 Å². The van der Waals surface area contributed by atoms with Gasteiger partial charge in [0, 0.05) is 19.3 Å². The zero-order valence-electron chi connectivity index (χ0n) is 8.88. The van der Waals surface area contributed by atoms with Gasteiger partial charge < -0.3 is 10.2 Å². The van der Waals surface area contributed by atoms with Crippen molar-refractivity contribution in [2.75, 3.05) is 0 Å². The molecule has 0 unspecified atom stereocenters. The van der Waals surface area contributed by atoms with E-state index in [1.165, 1.54) is 0 Å². The van der Waals surface area contributed by atoms with Gasteiger partial charge in [0.1, 0.15) is 6.04 Å². The van der Waals surface area contributed by atoms with E-state index >= 15 is 0 Å². The molecule has 0 spiro atoms. The Bertz CT molecular complexity index is 350. The maximum Gasteiger partial charge on any atom is 0.322 e. The lowest BCUT2D eigenvalue weighted by atomic mass is 10.2.